The number of carbonyl (C=O) groups excluding carboxylic acids is 4. The molecular weight excluding hydrogens is 527 g/mol. The van der Waals surface area contributed by atoms with Crippen LogP contribution in [0.15, 0.2) is 0 Å². The van der Waals surface area contributed by atoms with Crippen LogP contribution in [0.25, 0.3) is 0 Å². The average molecular weight is 552 g/mol. The van der Waals surface area contributed by atoms with Gasteiger partial charge < -0.3 is 0 Å². The van der Waals surface area contributed by atoms with Gasteiger partial charge in [-0.1, -0.05) is 0 Å². The molecule has 9 heteroatoms. The molecule has 0 bridgehead atoms. The molecule has 2 aliphatic rings. The van der Waals surface area contributed by atoms with E-state index in [0.717, 1.165) is 25.7 Å². The van der Waals surface area contributed by atoms with E-state index in [9.17, 15) is 19.2 Å². The maximum absolute atomic E-state index is 12.1. The summed E-state index contributed by atoms with van der Waals surface area (Å²) in [6.07, 6.45) is 5.94. The van der Waals surface area contributed by atoms with Crippen LogP contribution in [0.2, 0.25) is 0 Å². The number of rotatable bonds is 0. The molecule has 0 N–H and O–H groups in total. The number of carbonyl (C=O) groups is 4. The second-order valence-electron chi connectivity index (χ2n) is 6.22. The van der Waals surface area contributed by atoms with Crippen LogP contribution >= 0.6 is 0 Å². The second-order valence-corrected chi connectivity index (χ2v) is 13.3. The van der Waals surface area contributed by atoms with Gasteiger partial charge in [-0.3, -0.25) is 0 Å². The molecule has 2 heterocycles. The third-order valence-electron chi connectivity index (χ3n) is 3.98. The van der Waals surface area contributed by atoms with Crippen molar-refractivity contribution in [1.82, 2.24) is 0 Å². The van der Waals surface area contributed by atoms with Crippen molar-refractivity contribution in [3.63, 3.8) is 0 Å². The summed E-state index contributed by atoms with van der Waals surface area (Å²) in [5, 5.41) is 0. The third kappa shape index (κ3) is 7.29. The number of hydrogen-bond donors (Lipinski definition) is 0. The molecular formula is C16H24O8Pb. The summed E-state index contributed by atoms with van der Waals surface area (Å²) >= 11 is -5.61. The van der Waals surface area contributed by atoms with Crippen LogP contribution in [0.4, 0.5) is 0 Å². The van der Waals surface area contributed by atoms with Gasteiger partial charge >= 0.3 is 154 Å². The van der Waals surface area contributed by atoms with Gasteiger partial charge in [0.15, 0.2) is 0 Å². The molecule has 2 rings (SSSR count). The molecule has 0 saturated carbocycles. The molecule has 0 radical (unpaired) electrons. The summed E-state index contributed by atoms with van der Waals surface area (Å²) in [5.74, 6) is -2.64. The van der Waals surface area contributed by atoms with Crippen molar-refractivity contribution >= 4 is 46.9 Å². The van der Waals surface area contributed by atoms with Crippen LogP contribution in [0, 0.1) is 0 Å². The fraction of sp³-hybridized carbons (Fsp3) is 0.750. The molecule has 25 heavy (non-hydrogen) atoms. The van der Waals surface area contributed by atoms with Crippen LogP contribution in [0.3, 0.4) is 0 Å². The van der Waals surface area contributed by atoms with Crippen molar-refractivity contribution in [2.45, 2.75) is 77.0 Å². The van der Waals surface area contributed by atoms with E-state index in [0.29, 0.717) is 25.7 Å². The Bertz CT molecular complexity index is 425. The molecule has 0 aromatic rings. The normalized spacial score (nSPS) is 24.0. The maximum atomic E-state index is 12.1. The minimum absolute atomic E-state index is 0.106. The Balaban J connectivity index is 2.25. The molecule has 0 atom stereocenters. The van der Waals surface area contributed by atoms with E-state index in [2.05, 4.69) is 0 Å². The Morgan fingerprint density at radius 2 is 0.680 bits per heavy atom. The molecule has 2 saturated heterocycles. The van der Waals surface area contributed by atoms with E-state index in [4.69, 9.17) is 10.7 Å². The first kappa shape index (κ1) is 20.1. The van der Waals surface area contributed by atoms with Crippen molar-refractivity contribution in [2.75, 3.05) is 0 Å². The van der Waals surface area contributed by atoms with E-state index < -0.39 is 46.9 Å². The summed E-state index contributed by atoms with van der Waals surface area (Å²) in [5.41, 5.74) is 0. The van der Waals surface area contributed by atoms with E-state index in [-0.39, 0.29) is 25.7 Å². The molecule has 140 valence electrons. The predicted molar refractivity (Wildman–Crippen MR) is 85.5 cm³/mol. The Labute approximate surface area is 153 Å². The quantitative estimate of drug-likeness (QED) is 0.423. The zero-order valence-electron chi connectivity index (χ0n) is 14.3. The van der Waals surface area contributed by atoms with Crippen LogP contribution in [0.5, 0.6) is 0 Å². The van der Waals surface area contributed by atoms with E-state index in [1.54, 1.807) is 0 Å². The summed E-state index contributed by atoms with van der Waals surface area (Å²) in [4.78, 5) is 48.3. The van der Waals surface area contributed by atoms with Gasteiger partial charge in [0, 0.05) is 0 Å². The van der Waals surface area contributed by atoms with Gasteiger partial charge in [0.1, 0.15) is 0 Å². The predicted octanol–water partition coefficient (Wildman–Crippen LogP) is 2.30. The van der Waals surface area contributed by atoms with Crippen LogP contribution in [-0.2, 0) is 29.9 Å². The first-order valence-corrected chi connectivity index (χ1v) is 15.2. The number of hydrogen-bond acceptors (Lipinski definition) is 8. The van der Waals surface area contributed by atoms with Crippen LogP contribution < -0.4 is 0 Å². The first-order valence-electron chi connectivity index (χ1n) is 8.86. The fourth-order valence-corrected chi connectivity index (χ4v) is 9.57. The van der Waals surface area contributed by atoms with Crippen molar-refractivity contribution in [2.24, 2.45) is 0 Å². The molecule has 0 unspecified atom stereocenters. The Hall–Kier alpha value is -1.20. The van der Waals surface area contributed by atoms with Crippen LogP contribution in [-0.4, -0.2) is 46.9 Å². The molecule has 8 nitrogen and oxygen atoms in total. The monoisotopic (exact) mass is 552 g/mol. The van der Waals surface area contributed by atoms with Crippen molar-refractivity contribution in [3.8, 4) is 0 Å². The van der Waals surface area contributed by atoms with Crippen molar-refractivity contribution in [3.05, 3.63) is 0 Å². The zero-order chi connectivity index (χ0) is 18.1. The van der Waals surface area contributed by atoms with Crippen molar-refractivity contribution in [1.29, 1.82) is 0 Å². The topological polar surface area (TPSA) is 105 Å². The molecule has 0 amide bonds. The van der Waals surface area contributed by atoms with Gasteiger partial charge in [0.05, 0.1) is 0 Å². The molecule has 0 aromatic carbocycles. The van der Waals surface area contributed by atoms with Gasteiger partial charge in [-0.2, -0.15) is 0 Å². The first-order chi connectivity index (χ1) is 12.0. The zero-order valence-corrected chi connectivity index (χ0v) is 18.1. The fourth-order valence-electron chi connectivity index (χ4n) is 2.67. The van der Waals surface area contributed by atoms with Gasteiger partial charge in [0.2, 0.25) is 0 Å². The summed E-state index contributed by atoms with van der Waals surface area (Å²) in [6.45, 7) is 0. The SMILES string of the molecule is O=C1CCCCCCC(=O)[O][Pb]2([O]1)[O]C(=O)CCCCCCC(=O)[O]2. The standard InChI is InChI=1S/2C8H14O4.Pb/c2*9-7(10)5-3-1-2-4-6-8(11)12;/h2*1-6H2,(H,9,10)(H,11,12);/q;;+4/p-4. The minimum atomic E-state index is -5.61. The molecule has 1 spiro atoms. The third-order valence-corrected chi connectivity index (χ3v) is 11.4. The van der Waals surface area contributed by atoms with E-state index >= 15 is 0 Å². The second kappa shape index (κ2) is 10.1. The summed E-state index contributed by atoms with van der Waals surface area (Å²) < 4.78 is 21.0. The van der Waals surface area contributed by atoms with Crippen molar-refractivity contribution < 1.29 is 29.9 Å². The molecule has 2 aliphatic heterocycles. The summed E-state index contributed by atoms with van der Waals surface area (Å²) in [6, 6.07) is 0. The van der Waals surface area contributed by atoms with Gasteiger partial charge in [-0.25, -0.2) is 0 Å². The average Bonchev–Trinajstić information content (AvgIpc) is 2.57. The van der Waals surface area contributed by atoms with Gasteiger partial charge in [-0.05, 0) is 0 Å². The molecule has 0 aromatic heterocycles. The van der Waals surface area contributed by atoms with E-state index in [1.165, 1.54) is 0 Å². The Morgan fingerprint density at radius 3 is 0.920 bits per heavy atom. The Morgan fingerprint density at radius 1 is 0.440 bits per heavy atom. The molecule has 0 aliphatic carbocycles. The van der Waals surface area contributed by atoms with Gasteiger partial charge in [0.25, 0.3) is 0 Å². The molecule has 2 fully saturated rings. The Kier molecular flexibility index (Phi) is 8.11. The summed E-state index contributed by atoms with van der Waals surface area (Å²) in [7, 11) is 0. The van der Waals surface area contributed by atoms with Gasteiger partial charge in [-0.15, -0.1) is 0 Å². The van der Waals surface area contributed by atoms with Crippen LogP contribution in [0.1, 0.15) is 77.0 Å². The van der Waals surface area contributed by atoms with E-state index in [1.807, 2.05) is 0 Å².